The summed E-state index contributed by atoms with van der Waals surface area (Å²) in [4.78, 5) is 37.4. The highest BCUT2D eigenvalue weighted by Gasteiger charge is 2.44. The molecule has 5 atom stereocenters. The summed E-state index contributed by atoms with van der Waals surface area (Å²) in [6.07, 6.45) is 14.7. The molecule has 12 heteroatoms. The van der Waals surface area contributed by atoms with Crippen LogP contribution < -0.4 is 14.4 Å². The summed E-state index contributed by atoms with van der Waals surface area (Å²) < 4.78 is 33.6. The van der Waals surface area contributed by atoms with Gasteiger partial charge in [0.2, 0.25) is 5.91 Å². The number of fused-ring (bicyclic) bond motifs is 4. The van der Waals surface area contributed by atoms with Crippen LogP contribution in [0.15, 0.2) is 71.5 Å². The summed E-state index contributed by atoms with van der Waals surface area (Å²) in [5, 5.41) is 0.739. The second-order valence-corrected chi connectivity index (χ2v) is 16.2. The number of nitrogens with zero attached hydrogens (tertiary/aromatic N) is 4. The van der Waals surface area contributed by atoms with Crippen molar-refractivity contribution in [2.45, 2.75) is 62.9 Å². The zero-order chi connectivity index (χ0) is 34.0. The lowest BCUT2D eigenvalue weighted by Crippen LogP contribution is -2.49. The minimum atomic E-state index is -3.46. The van der Waals surface area contributed by atoms with Gasteiger partial charge in [0.1, 0.15) is 15.7 Å². The van der Waals surface area contributed by atoms with Gasteiger partial charge in [-0.15, -0.1) is 4.36 Å². The van der Waals surface area contributed by atoms with Crippen molar-refractivity contribution < 1.29 is 23.3 Å². The predicted molar refractivity (Wildman–Crippen MR) is 189 cm³/mol. The molecule has 1 saturated carbocycles. The Morgan fingerprint density at radius 1 is 1.18 bits per heavy atom. The summed E-state index contributed by atoms with van der Waals surface area (Å²) in [6, 6.07) is 11.5. The SMILES string of the molecule is CO[C@H]1/C=C/CCCS(=O)(NC(=O)Cc2cnccn2)=NC(=O)c2ccc3c(c2)N(C[C@@H]2CC[C@H]21)C[C@@]1(CCCc2cc(Cl)ccc21)CO3. The van der Waals surface area contributed by atoms with Gasteiger partial charge in [0, 0.05) is 54.8 Å². The molecule has 0 saturated heterocycles. The quantitative estimate of drug-likeness (QED) is 0.335. The van der Waals surface area contributed by atoms with Crippen molar-refractivity contribution in [1.82, 2.24) is 14.7 Å². The van der Waals surface area contributed by atoms with E-state index in [1.807, 2.05) is 18.2 Å². The second-order valence-electron chi connectivity index (χ2n) is 13.7. The zero-order valence-corrected chi connectivity index (χ0v) is 29.3. The van der Waals surface area contributed by atoms with Crippen LogP contribution in [0.5, 0.6) is 5.75 Å². The third kappa shape index (κ3) is 7.25. The first kappa shape index (κ1) is 33.7. The number of anilines is 1. The molecular weight excluding hydrogens is 662 g/mol. The first-order valence-corrected chi connectivity index (χ1v) is 19.2. The molecule has 0 radical (unpaired) electrons. The molecule has 1 aromatic heterocycles. The summed E-state index contributed by atoms with van der Waals surface area (Å²) in [5.41, 5.74) is 3.82. The number of carbonyl (C=O) groups excluding carboxylic acids is 2. The predicted octanol–water partition coefficient (Wildman–Crippen LogP) is 5.88. The molecule has 3 heterocycles. The Hall–Kier alpha value is -3.80. The first-order chi connectivity index (χ1) is 23.7. The molecule has 49 heavy (non-hydrogen) atoms. The average molecular weight is 704 g/mol. The maximum Gasteiger partial charge on any atom is 0.286 e. The number of aromatic nitrogens is 2. The minimum Gasteiger partial charge on any atom is -0.490 e. The number of hydrogen-bond acceptors (Lipinski definition) is 8. The molecule has 1 unspecified atom stereocenters. The average Bonchev–Trinajstić information content (AvgIpc) is 3.22. The Morgan fingerprint density at radius 3 is 2.88 bits per heavy atom. The Labute approximate surface area is 293 Å². The summed E-state index contributed by atoms with van der Waals surface area (Å²) in [6.45, 7) is 2.00. The maximum atomic E-state index is 14.2. The molecule has 7 rings (SSSR count). The molecule has 2 aliphatic heterocycles. The molecule has 2 aliphatic carbocycles. The third-order valence-corrected chi connectivity index (χ3v) is 12.6. The normalized spacial score (nSPS) is 28.9. The van der Waals surface area contributed by atoms with Crippen LogP contribution in [0.4, 0.5) is 5.69 Å². The molecule has 1 fully saturated rings. The highest BCUT2D eigenvalue weighted by Crippen LogP contribution is 2.47. The lowest BCUT2D eigenvalue weighted by atomic mass is 9.68. The van der Waals surface area contributed by atoms with Crippen molar-refractivity contribution in [3.8, 4) is 5.75 Å². The van der Waals surface area contributed by atoms with E-state index in [-0.39, 0.29) is 23.7 Å². The van der Waals surface area contributed by atoms with E-state index in [9.17, 15) is 13.8 Å². The van der Waals surface area contributed by atoms with Crippen LogP contribution in [0.3, 0.4) is 0 Å². The van der Waals surface area contributed by atoms with Crippen molar-refractivity contribution in [2.24, 2.45) is 16.2 Å². The third-order valence-electron chi connectivity index (χ3n) is 10.5. The summed E-state index contributed by atoms with van der Waals surface area (Å²) >= 11 is 6.44. The monoisotopic (exact) mass is 703 g/mol. The maximum absolute atomic E-state index is 14.2. The number of hydrogen-bond donors (Lipinski definition) is 1. The van der Waals surface area contributed by atoms with Gasteiger partial charge in [-0.1, -0.05) is 29.8 Å². The summed E-state index contributed by atoms with van der Waals surface area (Å²) in [5.74, 6) is 0.278. The number of halogens is 1. The van der Waals surface area contributed by atoms with Gasteiger partial charge in [-0.05, 0) is 98.2 Å². The lowest BCUT2D eigenvalue weighted by Gasteiger charge is -2.46. The number of rotatable bonds is 4. The van der Waals surface area contributed by atoms with Crippen LogP contribution in [0.25, 0.3) is 0 Å². The molecule has 258 valence electrons. The van der Waals surface area contributed by atoms with Crippen LogP contribution in [-0.2, 0) is 37.7 Å². The van der Waals surface area contributed by atoms with Crippen LogP contribution in [0.2, 0.25) is 5.02 Å². The molecule has 2 aromatic carbocycles. The van der Waals surface area contributed by atoms with E-state index in [2.05, 4.69) is 48.2 Å². The molecule has 3 aromatic rings. The van der Waals surface area contributed by atoms with E-state index in [0.717, 1.165) is 55.9 Å². The van der Waals surface area contributed by atoms with Crippen LogP contribution in [0, 0.1) is 11.8 Å². The van der Waals surface area contributed by atoms with Crippen molar-refractivity contribution in [2.75, 3.05) is 37.5 Å². The van der Waals surface area contributed by atoms with Gasteiger partial charge < -0.3 is 14.4 Å². The smallest absolute Gasteiger partial charge is 0.286 e. The number of amides is 2. The van der Waals surface area contributed by atoms with Crippen LogP contribution >= 0.6 is 11.6 Å². The highest BCUT2D eigenvalue weighted by atomic mass is 35.5. The Balaban J connectivity index is 1.27. The van der Waals surface area contributed by atoms with Crippen molar-refractivity contribution in [3.05, 3.63) is 94.5 Å². The van der Waals surface area contributed by atoms with E-state index < -0.39 is 21.7 Å². The number of methoxy groups -OCH3 is 1. The molecule has 10 nitrogen and oxygen atoms in total. The highest BCUT2D eigenvalue weighted by molar-refractivity contribution is 7.92. The molecule has 4 aliphatic rings. The van der Waals surface area contributed by atoms with E-state index in [1.165, 1.54) is 29.7 Å². The lowest BCUT2D eigenvalue weighted by molar-refractivity contribution is -0.118. The topological polar surface area (TPSA) is 123 Å². The van der Waals surface area contributed by atoms with Crippen LogP contribution in [0.1, 0.15) is 65.7 Å². The molecule has 1 spiro atoms. The number of benzene rings is 2. The van der Waals surface area contributed by atoms with Gasteiger partial charge in [-0.3, -0.25) is 24.3 Å². The van der Waals surface area contributed by atoms with Gasteiger partial charge in [-0.25, -0.2) is 4.21 Å². The summed E-state index contributed by atoms with van der Waals surface area (Å²) in [7, 11) is -1.70. The fourth-order valence-electron chi connectivity index (χ4n) is 7.91. The van der Waals surface area contributed by atoms with E-state index >= 15 is 0 Å². The van der Waals surface area contributed by atoms with E-state index in [4.69, 9.17) is 21.1 Å². The van der Waals surface area contributed by atoms with Gasteiger partial charge in [0.15, 0.2) is 0 Å². The first-order valence-electron chi connectivity index (χ1n) is 17.1. The largest absolute Gasteiger partial charge is 0.490 e. The molecule has 2 bridgehead atoms. The number of allylic oxidation sites excluding steroid dienone is 1. The van der Waals surface area contributed by atoms with Crippen molar-refractivity contribution >= 4 is 39.0 Å². The Bertz CT molecular complexity index is 1880. The zero-order valence-electron chi connectivity index (χ0n) is 27.7. The van der Waals surface area contributed by atoms with Crippen molar-refractivity contribution in [3.63, 3.8) is 0 Å². The van der Waals surface area contributed by atoms with Crippen molar-refractivity contribution in [1.29, 1.82) is 0 Å². The molecule has 2 amide bonds. The standard InChI is InChI=1S/C37H42ClN5O5S/c1-47-33-7-3-2-4-17-49(46,41-35(44)20-29-21-39-15-16-40-29)42-36(45)26-9-13-34-32(19-26)43(22-27-8-11-30(27)33)23-37(24-48-34)14-5-6-25-18-28(38)10-12-31(25)37/h3,7,9-10,12-13,15-16,18-19,21,27,30,33H,2,4-6,8,11,14,17,20,22-24H2,1H3,(H,41,42,44,45,46)/b7-3+/t27-,30+,33-,37-,49?/m0/s1. The second kappa shape index (κ2) is 14.2. The van der Waals surface area contributed by atoms with Gasteiger partial charge in [0.05, 0.1) is 36.3 Å². The number of ether oxygens (including phenoxy) is 2. The van der Waals surface area contributed by atoms with E-state index in [1.54, 1.807) is 13.2 Å². The number of nitrogens with one attached hydrogen (secondary N) is 1. The van der Waals surface area contributed by atoms with E-state index in [0.29, 0.717) is 48.3 Å². The Kier molecular flexibility index (Phi) is 9.77. The van der Waals surface area contributed by atoms with Gasteiger partial charge in [0.25, 0.3) is 5.91 Å². The van der Waals surface area contributed by atoms with Gasteiger partial charge in [-0.2, -0.15) is 0 Å². The number of carbonyl (C=O) groups is 2. The molecular formula is C37H42ClN5O5S. The fraction of sp³-hybridized carbons (Fsp3) is 0.459. The van der Waals surface area contributed by atoms with Crippen LogP contribution in [-0.4, -0.2) is 64.7 Å². The Morgan fingerprint density at radius 2 is 2.08 bits per heavy atom. The fourth-order valence-corrected chi connectivity index (χ4v) is 9.71. The number of aryl methyl sites for hydroxylation is 1. The molecule has 1 N–H and O–H groups in total. The van der Waals surface area contributed by atoms with Gasteiger partial charge >= 0.3 is 0 Å². The minimum absolute atomic E-state index is 0.0190.